The quantitative estimate of drug-likeness (QED) is 0.728. The average Bonchev–Trinajstić information content (AvgIpc) is 2.40. The summed E-state index contributed by atoms with van der Waals surface area (Å²) in [5, 5.41) is 0. The van der Waals surface area contributed by atoms with Gasteiger partial charge in [0.2, 0.25) is 11.8 Å². The van der Waals surface area contributed by atoms with Crippen molar-refractivity contribution in [3.05, 3.63) is 24.5 Å². The molecule has 1 aromatic heterocycles. The van der Waals surface area contributed by atoms with Crippen molar-refractivity contribution in [2.75, 3.05) is 4.90 Å². The van der Waals surface area contributed by atoms with Crippen molar-refractivity contribution >= 4 is 17.5 Å². The molecule has 0 radical (unpaired) electrons. The summed E-state index contributed by atoms with van der Waals surface area (Å²) in [6.07, 6.45) is 9.83. The largest absolute Gasteiger partial charge is 0.274 e. The number of carbonyl (C=O) groups excluding carboxylic acids is 2. The van der Waals surface area contributed by atoms with E-state index in [1.54, 1.807) is 24.5 Å². The maximum absolute atomic E-state index is 12.4. The van der Waals surface area contributed by atoms with Gasteiger partial charge in [-0.05, 0) is 30.4 Å². The van der Waals surface area contributed by atoms with Gasteiger partial charge in [0.15, 0.2) is 0 Å². The number of pyridine rings is 1. The van der Waals surface area contributed by atoms with Crippen LogP contribution in [0.5, 0.6) is 0 Å². The first-order valence-corrected chi connectivity index (χ1v) is 6.96. The molecule has 3 rings (SSSR count). The van der Waals surface area contributed by atoms with E-state index in [4.69, 9.17) is 0 Å². The molecule has 0 atom stereocenters. The average molecular weight is 258 g/mol. The van der Waals surface area contributed by atoms with Gasteiger partial charge >= 0.3 is 0 Å². The van der Waals surface area contributed by atoms with Gasteiger partial charge in [0.25, 0.3) is 0 Å². The van der Waals surface area contributed by atoms with Crippen molar-refractivity contribution in [3.63, 3.8) is 0 Å². The number of carbonyl (C=O) groups is 2. The predicted molar refractivity (Wildman–Crippen MR) is 71.5 cm³/mol. The molecule has 4 heteroatoms. The topological polar surface area (TPSA) is 50.3 Å². The second-order valence-electron chi connectivity index (χ2n) is 5.74. The van der Waals surface area contributed by atoms with Crippen LogP contribution in [0.15, 0.2) is 24.5 Å². The second-order valence-corrected chi connectivity index (χ2v) is 5.74. The molecule has 0 unspecified atom stereocenters. The van der Waals surface area contributed by atoms with Gasteiger partial charge in [0, 0.05) is 25.2 Å². The zero-order valence-corrected chi connectivity index (χ0v) is 11.0. The van der Waals surface area contributed by atoms with E-state index < -0.39 is 0 Å². The van der Waals surface area contributed by atoms with Crippen LogP contribution in [0.3, 0.4) is 0 Å². The number of hydrogen-bond acceptors (Lipinski definition) is 3. The lowest BCUT2D eigenvalue weighted by Crippen LogP contribution is -2.48. The highest BCUT2D eigenvalue weighted by Crippen LogP contribution is 2.45. The molecule has 1 saturated heterocycles. The Hall–Kier alpha value is -1.71. The van der Waals surface area contributed by atoms with Crippen molar-refractivity contribution in [1.82, 2.24) is 4.98 Å². The smallest absolute Gasteiger partial charge is 0.234 e. The standard InChI is InChI=1S/C15H18N2O2/c18-13-10-15(6-2-1-3-7-15)11-14(19)17(13)12-4-8-16-9-5-12/h4-5,8-9H,1-3,6-7,10-11H2. The van der Waals surface area contributed by atoms with Gasteiger partial charge in [-0.15, -0.1) is 0 Å². The van der Waals surface area contributed by atoms with E-state index in [-0.39, 0.29) is 17.2 Å². The van der Waals surface area contributed by atoms with Crippen LogP contribution < -0.4 is 4.90 Å². The number of rotatable bonds is 1. The van der Waals surface area contributed by atoms with Crippen LogP contribution >= 0.6 is 0 Å². The van der Waals surface area contributed by atoms with Crippen LogP contribution in [0.25, 0.3) is 0 Å². The Morgan fingerprint density at radius 3 is 2.11 bits per heavy atom. The molecule has 1 spiro atoms. The lowest BCUT2D eigenvalue weighted by atomic mass is 9.67. The third kappa shape index (κ3) is 2.27. The fourth-order valence-electron chi connectivity index (χ4n) is 3.44. The molecule has 1 aromatic rings. The predicted octanol–water partition coefficient (Wildman–Crippen LogP) is 2.69. The molecule has 1 aliphatic carbocycles. The van der Waals surface area contributed by atoms with Crippen LogP contribution in [0.4, 0.5) is 5.69 Å². The highest BCUT2D eigenvalue weighted by Gasteiger charge is 2.44. The van der Waals surface area contributed by atoms with E-state index in [1.807, 2.05) is 0 Å². The molecule has 0 N–H and O–H groups in total. The second kappa shape index (κ2) is 4.76. The van der Waals surface area contributed by atoms with Crippen molar-refractivity contribution in [1.29, 1.82) is 0 Å². The number of hydrogen-bond donors (Lipinski definition) is 0. The molecule has 0 aromatic carbocycles. The van der Waals surface area contributed by atoms with Gasteiger partial charge in [0.1, 0.15) is 0 Å². The molecule has 4 nitrogen and oxygen atoms in total. The lowest BCUT2D eigenvalue weighted by Gasteiger charge is -2.42. The van der Waals surface area contributed by atoms with Gasteiger partial charge in [0.05, 0.1) is 5.69 Å². The fraction of sp³-hybridized carbons (Fsp3) is 0.533. The van der Waals surface area contributed by atoms with Crippen LogP contribution in [0, 0.1) is 5.41 Å². The first-order valence-electron chi connectivity index (χ1n) is 6.96. The summed E-state index contributed by atoms with van der Waals surface area (Å²) >= 11 is 0. The molecule has 1 aliphatic heterocycles. The van der Waals surface area contributed by atoms with E-state index in [9.17, 15) is 9.59 Å². The van der Waals surface area contributed by atoms with Crippen molar-refractivity contribution in [2.24, 2.45) is 5.41 Å². The first kappa shape index (κ1) is 12.3. The molecule has 2 fully saturated rings. The number of nitrogens with zero attached hydrogens (tertiary/aromatic N) is 2. The van der Waals surface area contributed by atoms with Gasteiger partial charge in [-0.3, -0.25) is 19.5 Å². The highest BCUT2D eigenvalue weighted by molar-refractivity contribution is 6.16. The molecule has 2 aliphatic rings. The molecule has 19 heavy (non-hydrogen) atoms. The minimum Gasteiger partial charge on any atom is -0.274 e. The van der Waals surface area contributed by atoms with Crippen molar-refractivity contribution in [2.45, 2.75) is 44.9 Å². The molecular weight excluding hydrogens is 240 g/mol. The highest BCUT2D eigenvalue weighted by atomic mass is 16.2. The van der Waals surface area contributed by atoms with Gasteiger partial charge in [-0.25, -0.2) is 0 Å². The third-order valence-electron chi connectivity index (χ3n) is 4.39. The number of amides is 2. The Morgan fingerprint density at radius 1 is 0.947 bits per heavy atom. The van der Waals surface area contributed by atoms with Gasteiger partial charge < -0.3 is 0 Å². The molecule has 0 bridgehead atoms. The number of piperidine rings is 1. The number of aromatic nitrogens is 1. The zero-order valence-electron chi connectivity index (χ0n) is 11.0. The van der Waals surface area contributed by atoms with Crippen LogP contribution in [-0.4, -0.2) is 16.8 Å². The molecular formula is C15H18N2O2. The zero-order chi connectivity index (χ0) is 13.3. The number of anilines is 1. The lowest BCUT2D eigenvalue weighted by molar-refractivity contribution is -0.134. The molecule has 2 amide bonds. The summed E-state index contributed by atoms with van der Waals surface area (Å²) in [4.78, 5) is 30.0. The molecule has 1 saturated carbocycles. The van der Waals surface area contributed by atoms with E-state index in [1.165, 1.54) is 11.3 Å². The van der Waals surface area contributed by atoms with Crippen molar-refractivity contribution < 1.29 is 9.59 Å². The minimum atomic E-state index is -0.0515. The monoisotopic (exact) mass is 258 g/mol. The third-order valence-corrected chi connectivity index (χ3v) is 4.39. The van der Waals surface area contributed by atoms with Crippen LogP contribution in [0.1, 0.15) is 44.9 Å². The Bertz CT molecular complexity index is 472. The van der Waals surface area contributed by atoms with Crippen LogP contribution in [0.2, 0.25) is 0 Å². The maximum Gasteiger partial charge on any atom is 0.234 e. The van der Waals surface area contributed by atoms with E-state index >= 15 is 0 Å². The van der Waals surface area contributed by atoms with Gasteiger partial charge in [-0.1, -0.05) is 19.3 Å². The van der Waals surface area contributed by atoms with E-state index in [2.05, 4.69) is 4.98 Å². The first-order chi connectivity index (χ1) is 9.20. The maximum atomic E-state index is 12.4. The number of imide groups is 1. The normalized spacial score (nSPS) is 22.8. The summed E-state index contributed by atoms with van der Waals surface area (Å²) in [7, 11) is 0. The van der Waals surface area contributed by atoms with Crippen molar-refractivity contribution in [3.8, 4) is 0 Å². The summed E-state index contributed by atoms with van der Waals surface area (Å²) < 4.78 is 0. The summed E-state index contributed by atoms with van der Waals surface area (Å²) in [6, 6.07) is 3.43. The van der Waals surface area contributed by atoms with E-state index in [0.717, 1.165) is 25.7 Å². The fourth-order valence-corrected chi connectivity index (χ4v) is 3.44. The van der Waals surface area contributed by atoms with Gasteiger partial charge in [-0.2, -0.15) is 0 Å². The Morgan fingerprint density at radius 2 is 1.53 bits per heavy atom. The summed E-state index contributed by atoms with van der Waals surface area (Å²) in [5.41, 5.74) is 0.603. The van der Waals surface area contributed by atoms with E-state index in [0.29, 0.717) is 18.5 Å². The molecule has 100 valence electrons. The summed E-state index contributed by atoms with van der Waals surface area (Å²) in [5.74, 6) is -0.103. The SMILES string of the molecule is O=C1CC2(CCCCC2)CC(=O)N1c1ccncc1. The Kier molecular flexibility index (Phi) is 3.09. The van der Waals surface area contributed by atoms with Crippen LogP contribution in [-0.2, 0) is 9.59 Å². The molecule has 2 heterocycles. The summed E-state index contributed by atoms with van der Waals surface area (Å²) in [6.45, 7) is 0. The Balaban J connectivity index is 1.84. The minimum absolute atomic E-state index is 0.0457. The Labute approximate surface area is 112 Å².